The van der Waals surface area contributed by atoms with E-state index in [2.05, 4.69) is 34.7 Å². The van der Waals surface area contributed by atoms with Crippen molar-refractivity contribution in [3.8, 4) is 5.75 Å². The maximum Gasteiger partial charge on any atom is 0.227 e. The summed E-state index contributed by atoms with van der Waals surface area (Å²) < 4.78 is 5.95. The van der Waals surface area contributed by atoms with Crippen LogP contribution < -0.4 is 15.4 Å². The number of benzene rings is 2. The molecule has 1 heterocycles. The molecule has 1 unspecified atom stereocenters. The standard InChI is InChI=1S/C27H36N4O2/c1-4-8-20(2)19-33-25-13-11-23(12-14-25)26(18-28-17-24-15-16-29-31-24)30-27(32)21(3)22-9-6-5-7-10-22/h5-7,9-16,20-21,26,28H,4,8,17-19H2,1-3H3,(H,29,31)(H,30,32)/t20?,21-,26-/m0/s1. The summed E-state index contributed by atoms with van der Waals surface area (Å²) in [7, 11) is 0. The Bertz CT molecular complexity index is 942. The van der Waals surface area contributed by atoms with Gasteiger partial charge in [-0.3, -0.25) is 9.89 Å². The van der Waals surface area contributed by atoms with Gasteiger partial charge in [-0.15, -0.1) is 0 Å². The number of H-pyrrole nitrogens is 1. The van der Waals surface area contributed by atoms with Gasteiger partial charge in [0.15, 0.2) is 0 Å². The number of aromatic amines is 1. The monoisotopic (exact) mass is 448 g/mol. The number of nitrogens with zero attached hydrogens (tertiary/aromatic N) is 1. The van der Waals surface area contributed by atoms with Crippen LogP contribution in [0, 0.1) is 5.92 Å². The molecule has 1 aromatic heterocycles. The van der Waals surface area contributed by atoms with Crippen LogP contribution in [0.1, 0.15) is 62.4 Å². The Labute approximate surface area is 197 Å². The number of rotatable bonds is 13. The van der Waals surface area contributed by atoms with Gasteiger partial charge in [-0.05, 0) is 48.6 Å². The average molecular weight is 449 g/mol. The number of nitrogens with one attached hydrogen (secondary N) is 3. The summed E-state index contributed by atoms with van der Waals surface area (Å²) in [5.41, 5.74) is 2.97. The van der Waals surface area contributed by atoms with E-state index in [-0.39, 0.29) is 17.9 Å². The third-order valence-electron chi connectivity index (χ3n) is 5.82. The molecule has 3 aromatic rings. The van der Waals surface area contributed by atoms with Crippen LogP contribution in [0.4, 0.5) is 0 Å². The van der Waals surface area contributed by atoms with Crippen molar-refractivity contribution < 1.29 is 9.53 Å². The van der Waals surface area contributed by atoms with Crippen molar-refractivity contribution in [1.29, 1.82) is 0 Å². The Hall–Kier alpha value is -3.12. The smallest absolute Gasteiger partial charge is 0.227 e. The summed E-state index contributed by atoms with van der Waals surface area (Å²) >= 11 is 0. The minimum Gasteiger partial charge on any atom is -0.493 e. The lowest BCUT2D eigenvalue weighted by Gasteiger charge is -2.23. The second kappa shape index (κ2) is 12.8. The highest BCUT2D eigenvalue weighted by atomic mass is 16.5. The zero-order chi connectivity index (χ0) is 23.5. The summed E-state index contributed by atoms with van der Waals surface area (Å²) in [6, 6.07) is 19.7. The van der Waals surface area contributed by atoms with Crippen molar-refractivity contribution in [2.75, 3.05) is 13.2 Å². The van der Waals surface area contributed by atoms with E-state index in [0.717, 1.165) is 35.4 Å². The number of carbonyl (C=O) groups excluding carboxylic acids is 1. The molecule has 0 saturated heterocycles. The normalized spacial score (nSPS) is 13.8. The van der Waals surface area contributed by atoms with E-state index in [0.29, 0.717) is 25.6 Å². The fourth-order valence-electron chi connectivity index (χ4n) is 3.79. The molecule has 0 aliphatic heterocycles. The third-order valence-corrected chi connectivity index (χ3v) is 5.82. The maximum absolute atomic E-state index is 13.0. The Kier molecular flexibility index (Phi) is 9.51. The third kappa shape index (κ3) is 7.75. The number of amides is 1. The second-order valence-corrected chi connectivity index (χ2v) is 8.66. The molecule has 0 aliphatic carbocycles. The Morgan fingerprint density at radius 3 is 2.45 bits per heavy atom. The molecule has 0 fully saturated rings. The SMILES string of the molecule is CCCC(C)COc1ccc([C@H](CNCc2cc[nH]n2)NC(=O)[C@@H](C)c2ccccc2)cc1. The van der Waals surface area contributed by atoms with Gasteiger partial charge in [0.05, 0.1) is 24.3 Å². The second-order valence-electron chi connectivity index (χ2n) is 8.66. The zero-order valence-corrected chi connectivity index (χ0v) is 19.9. The molecule has 3 rings (SSSR count). The van der Waals surface area contributed by atoms with Crippen LogP contribution in [0.15, 0.2) is 66.9 Å². The van der Waals surface area contributed by atoms with Crippen LogP contribution in [0.5, 0.6) is 5.75 Å². The molecule has 3 atom stereocenters. The molecular weight excluding hydrogens is 412 g/mol. The summed E-state index contributed by atoms with van der Waals surface area (Å²) in [6.07, 6.45) is 4.13. The topological polar surface area (TPSA) is 79.0 Å². The molecule has 6 heteroatoms. The van der Waals surface area contributed by atoms with Crippen molar-refractivity contribution in [1.82, 2.24) is 20.8 Å². The van der Waals surface area contributed by atoms with Crippen LogP contribution in [-0.4, -0.2) is 29.3 Å². The van der Waals surface area contributed by atoms with E-state index in [1.807, 2.05) is 67.6 Å². The highest BCUT2D eigenvalue weighted by Gasteiger charge is 2.20. The molecule has 2 aromatic carbocycles. The maximum atomic E-state index is 13.0. The van der Waals surface area contributed by atoms with Crippen LogP contribution in [0.25, 0.3) is 0 Å². The number of hydrogen-bond donors (Lipinski definition) is 3. The molecule has 0 aliphatic rings. The predicted octanol–water partition coefficient (Wildman–Crippen LogP) is 4.98. The Morgan fingerprint density at radius 2 is 1.79 bits per heavy atom. The molecule has 0 bridgehead atoms. The van der Waals surface area contributed by atoms with Gasteiger partial charge in [0.25, 0.3) is 0 Å². The Morgan fingerprint density at radius 1 is 1.03 bits per heavy atom. The van der Waals surface area contributed by atoms with Crippen molar-refractivity contribution in [3.63, 3.8) is 0 Å². The van der Waals surface area contributed by atoms with E-state index in [4.69, 9.17) is 4.74 Å². The van der Waals surface area contributed by atoms with E-state index >= 15 is 0 Å². The summed E-state index contributed by atoms with van der Waals surface area (Å²) in [4.78, 5) is 13.0. The van der Waals surface area contributed by atoms with E-state index in [9.17, 15) is 4.79 Å². The number of aromatic nitrogens is 2. The summed E-state index contributed by atoms with van der Waals surface area (Å²) in [5.74, 6) is 1.16. The van der Waals surface area contributed by atoms with Gasteiger partial charge >= 0.3 is 0 Å². The quantitative estimate of drug-likeness (QED) is 0.345. The number of hydrogen-bond acceptors (Lipinski definition) is 4. The molecule has 0 radical (unpaired) electrons. The van der Waals surface area contributed by atoms with Crippen molar-refractivity contribution in [3.05, 3.63) is 83.7 Å². The first-order chi connectivity index (χ1) is 16.1. The molecule has 1 amide bonds. The summed E-state index contributed by atoms with van der Waals surface area (Å²) in [5, 5.41) is 13.6. The van der Waals surface area contributed by atoms with Crippen molar-refractivity contribution >= 4 is 5.91 Å². The lowest BCUT2D eigenvalue weighted by atomic mass is 9.99. The molecule has 0 saturated carbocycles. The van der Waals surface area contributed by atoms with Gasteiger partial charge in [-0.1, -0.05) is 62.7 Å². The largest absolute Gasteiger partial charge is 0.493 e. The highest BCUT2D eigenvalue weighted by molar-refractivity contribution is 5.83. The van der Waals surface area contributed by atoms with Gasteiger partial charge in [-0.25, -0.2) is 0 Å². The van der Waals surface area contributed by atoms with Crippen LogP contribution >= 0.6 is 0 Å². The highest BCUT2D eigenvalue weighted by Crippen LogP contribution is 2.21. The van der Waals surface area contributed by atoms with Gasteiger partial charge < -0.3 is 15.4 Å². The number of ether oxygens (including phenoxy) is 1. The van der Waals surface area contributed by atoms with Gasteiger partial charge in [0, 0.05) is 19.3 Å². The molecule has 33 heavy (non-hydrogen) atoms. The molecule has 3 N–H and O–H groups in total. The van der Waals surface area contributed by atoms with Crippen LogP contribution in [-0.2, 0) is 11.3 Å². The van der Waals surface area contributed by atoms with E-state index in [1.165, 1.54) is 0 Å². The minimum atomic E-state index is -0.234. The average Bonchev–Trinajstić information content (AvgIpc) is 3.36. The molecule has 176 valence electrons. The van der Waals surface area contributed by atoms with Gasteiger partial charge in [0.2, 0.25) is 5.91 Å². The van der Waals surface area contributed by atoms with E-state index in [1.54, 1.807) is 6.20 Å². The lowest BCUT2D eigenvalue weighted by Crippen LogP contribution is -2.37. The van der Waals surface area contributed by atoms with Crippen LogP contribution in [0.2, 0.25) is 0 Å². The first kappa shape index (κ1) is 24.5. The summed E-state index contributed by atoms with van der Waals surface area (Å²) in [6.45, 7) is 8.27. The first-order valence-electron chi connectivity index (χ1n) is 11.8. The van der Waals surface area contributed by atoms with Crippen molar-refractivity contribution in [2.24, 2.45) is 5.92 Å². The minimum absolute atomic E-state index is 0.00138. The molecule has 6 nitrogen and oxygen atoms in total. The number of carbonyl (C=O) groups is 1. The van der Waals surface area contributed by atoms with E-state index < -0.39 is 0 Å². The fraction of sp³-hybridized carbons (Fsp3) is 0.407. The van der Waals surface area contributed by atoms with Crippen LogP contribution in [0.3, 0.4) is 0 Å². The zero-order valence-electron chi connectivity index (χ0n) is 19.9. The first-order valence-corrected chi connectivity index (χ1v) is 11.8. The fourth-order valence-corrected chi connectivity index (χ4v) is 3.79. The lowest BCUT2D eigenvalue weighted by molar-refractivity contribution is -0.123. The van der Waals surface area contributed by atoms with Crippen molar-refractivity contribution in [2.45, 2.75) is 52.1 Å². The van der Waals surface area contributed by atoms with Gasteiger partial charge in [0.1, 0.15) is 5.75 Å². The molecule has 0 spiro atoms. The molecular formula is C27H36N4O2. The predicted molar refractivity (Wildman–Crippen MR) is 132 cm³/mol. The Balaban J connectivity index is 1.65. The van der Waals surface area contributed by atoms with Gasteiger partial charge in [-0.2, -0.15) is 5.10 Å².